The molecule has 0 amide bonds. The summed E-state index contributed by atoms with van der Waals surface area (Å²) in [5, 5.41) is 3.11. The lowest BCUT2D eigenvalue weighted by Gasteiger charge is -2.10. The molecule has 0 saturated carbocycles. The number of nitrogens with two attached hydrogens (primary N) is 1. The van der Waals surface area contributed by atoms with Gasteiger partial charge < -0.3 is 15.8 Å². The highest BCUT2D eigenvalue weighted by Crippen LogP contribution is 2.17. The van der Waals surface area contributed by atoms with Crippen LogP contribution in [0.3, 0.4) is 0 Å². The van der Waals surface area contributed by atoms with Gasteiger partial charge in [0.15, 0.2) is 0 Å². The summed E-state index contributed by atoms with van der Waals surface area (Å²) in [6.45, 7) is 5.91. The lowest BCUT2D eigenvalue weighted by Crippen LogP contribution is -2.11. The smallest absolute Gasteiger partial charge is 0.323 e. The van der Waals surface area contributed by atoms with Gasteiger partial charge in [-0.15, -0.1) is 0 Å². The van der Waals surface area contributed by atoms with Crippen LogP contribution in [-0.2, 0) is 6.42 Å². The first-order chi connectivity index (χ1) is 9.56. The maximum absolute atomic E-state index is 5.66. The normalized spacial score (nSPS) is 10.6. The maximum Gasteiger partial charge on any atom is 0.323 e. The van der Waals surface area contributed by atoms with Crippen molar-refractivity contribution < 1.29 is 4.74 Å². The molecule has 1 aromatic carbocycles. The molecule has 0 spiro atoms. The number of nitrogens with one attached hydrogen (secondary N) is 1. The van der Waals surface area contributed by atoms with Crippen molar-refractivity contribution in [3.8, 4) is 6.01 Å². The first-order valence-electron chi connectivity index (χ1n) is 6.61. The number of rotatable bonds is 5. The fraction of sp³-hybridized carbons (Fsp3) is 0.357. The second kappa shape index (κ2) is 6.18. The number of nitrogen functional groups attached to an aromatic ring is 1. The summed E-state index contributed by atoms with van der Waals surface area (Å²) in [5.41, 5.74) is 7.80. The van der Waals surface area contributed by atoms with E-state index in [0.29, 0.717) is 5.95 Å². The predicted octanol–water partition coefficient (Wildman–Crippen LogP) is 2.55. The number of ether oxygens (including phenoxy) is 1. The molecule has 1 aromatic heterocycles. The molecule has 3 N–H and O–H groups in total. The Kier molecular flexibility index (Phi) is 4.34. The third kappa shape index (κ3) is 3.81. The van der Waals surface area contributed by atoms with Gasteiger partial charge in [0.1, 0.15) is 0 Å². The van der Waals surface area contributed by atoms with E-state index in [-0.39, 0.29) is 18.1 Å². The number of hydrogen-bond donors (Lipinski definition) is 2. The summed E-state index contributed by atoms with van der Waals surface area (Å²) in [6.07, 6.45) is 0.949. The van der Waals surface area contributed by atoms with E-state index in [1.165, 1.54) is 5.56 Å². The number of nitrogens with zero attached hydrogens (tertiary/aromatic N) is 3. The standard InChI is InChI=1S/C14H19N5O/c1-4-10-6-5-7-11(8-10)16-13-17-12(15)18-14(19-13)20-9(2)3/h5-9H,4H2,1-3H3,(H3,15,16,17,18,19). The fourth-order valence-electron chi connectivity index (χ4n) is 1.69. The summed E-state index contributed by atoms with van der Waals surface area (Å²) in [5.74, 6) is 0.506. The van der Waals surface area contributed by atoms with Crippen LogP contribution in [0.5, 0.6) is 6.01 Å². The Hall–Kier alpha value is -2.37. The molecule has 6 nitrogen and oxygen atoms in total. The predicted molar refractivity (Wildman–Crippen MR) is 79.1 cm³/mol. The minimum absolute atomic E-state index is 0.0203. The zero-order chi connectivity index (χ0) is 14.5. The Labute approximate surface area is 118 Å². The van der Waals surface area contributed by atoms with Crippen molar-refractivity contribution in [2.24, 2.45) is 0 Å². The van der Waals surface area contributed by atoms with Crippen molar-refractivity contribution in [1.29, 1.82) is 0 Å². The van der Waals surface area contributed by atoms with E-state index in [1.807, 2.05) is 32.0 Å². The molecule has 0 fully saturated rings. The second-order valence-corrected chi connectivity index (χ2v) is 4.65. The average molecular weight is 273 g/mol. The molecule has 0 aliphatic carbocycles. The second-order valence-electron chi connectivity index (χ2n) is 4.65. The molecule has 0 atom stereocenters. The number of hydrogen-bond acceptors (Lipinski definition) is 6. The van der Waals surface area contributed by atoms with Crippen LogP contribution in [0, 0.1) is 0 Å². The molecule has 0 aliphatic rings. The van der Waals surface area contributed by atoms with Crippen LogP contribution in [0.15, 0.2) is 24.3 Å². The van der Waals surface area contributed by atoms with Gasteiger partial charge in [-0.2, -0.15) is 15.0 Å². The van der Waals surface area contributed by atoms with E-state index in [4.69, 9.17) is 10.5 Å². The monoisotopic (exact) mass is 273 g/mol. The van der Waals surface area contributed by atoms with Crippen molar-refractivity contribution in [2.75, 3.05) is 11.1 Å². The SMILES string of the molecule is CCc1cccc(Nc2nc(N)nc(OC(C)C)n2)c1. The Bertz CT molecular complexity index is 586. The average Bonchev–Trinajstić information content (AvgIpc) is 2.37. The van der Waals surface area contributed by atoms with Crippen molar-refractivity contribution in [2.45, 2.75) is 33.3 Å². The van der Waals surface area contributed by atoms with Crippen LogP contribution in [-0.4, -0.2) is 21.1 Å². The summed E-state index contributed by atoms with van der Waals surface area (Å²) in [4.78, 5) is 12.2. The lowest BCUT2D eigenvalue weighted by atomic mass is 10.1. The van der Waals surface area contributed by atoms with E-state index in [0.717, 1.165) is 12.1 Å². The van der Waals surface area contributed by atoms with Gasteiger partial charge in [-0.3, -0.25) is 0 Å². The van der Waals surface area contributed by atoms with E-state index in [9.17, 15) is 0 Å². The van der Waals surface area contributed by atoms with Crippen LogP contribution < -0.4 is 15.8 Å². The van der Waals surface area contributed by atoms with Crippen LogP contribution >= 0.6 is 0 Å². The van der Waals surface area contributed by atoms with Crippen molar-refractivity contribution in [3.63, 3.8) is 0 Å². The van der Waals surface area contributed by atoms with E-state index in [1.54, 1.807) is 0 Å². The van der Waals surface area contributed by atoms with Gasteiger partial charge in [-0.1, -0.05) is 19.1 Å². The van der Waals surface area contributed by atoms with E-state index in [2.05, 4.69) is 33.3 Å². The molecule has 2 rings (SSSR count). The largest absolute Gasteiger partial charge is 0.461 e. The zero-order valence-electron chi connectivity index (χ0n) is 11.9. The number of aryl methyl sites for hydroxylation is 1. The van der Waals surface area contributed by atoms with Gasteiger partial charge in [-0.05, 0) is 38.0 Å². The quantitative estimate of drug-likeness (QED) is 0.870. The first kappa shape index (κ1) is 14.0. The molecule has 1 heterocycles. The molecule has 0 bridgehead atoms. The van der Waals surface area contributed by atoms with Gasteiger partial charge in [-0.25, -0.2) is 0 Å². The van der Waals surface area contributed by atoms with Gasteiger partial charge in [0.2, 0.25) is 11.9 Å². The van der Waals surface area contributed by atoms with E-state index < -0.39 is 0 Å². The third-order valence-electron chi connectivity index (χ3n) is 2.56. The molecule has 0 unspecified atom stereocenters. The number of aromatic nitrogens is 3. The summed E-state index contributed by atoms with van der Waals surface area (Å²) < 4.78 is 5.44. The van der Waals surface area contributed by atoms with Gasteiger partial charge >= 0.3 is 6.01 Å². The highest BCUT2D eigenvalue weighted by molar-refractivity contribution is 5.55. The molecular weight excluding hydrogens is 254 g/mol. The van der Waals surface area contributed by atoms with Crippen LogP contribution in [0.1, 0.15) is 26.3 Å². The topological polar surface area (TPSA) is 86.0 Å². The van der Waals surface area contributed by atoms with Crippen LogP contribution in [0.2, 0.25) is 0 Å². The van der Waals surface area contributed by atoms with Crippen LogP contribution in [0.25, 0.3) is 0 Å². The van der Waals surface area contributed by atoms with E-state index >= 15 is 0 Å². The Balaban J connectivity index is 2.21. The molecule has 106 valence electrons. The fourth-order valence-corrected chi connectivity index (χ4v) is 1.69. The summed E-state index contributed by atoms with van der Waals surface area (Å²) >= 11 is 0. The Morgan fingerprint density at radius 3 is 2.75 bits per heavy atom. The molecule has 6 heteroatoms. The molecule has 20 heavy (non-hydrogen) atoms. The highest BCUT2D eigenvalue weighted by atomic mass is 16.5. The van der Waals surface area contributed by atoms with Crippen molar-refractivity contribution in [1.82, 2.24) is 15.0 Å². The molecular formula is C14H19N5O. The minimum Gasteiger partial charge on any atom is -0.461 e. The lowest BCUT2D eigenvalue weighted by molar-refractivity contribution is 0.222. The maximum atomic E-state index is 5.66. The molecule has 2 aromatic rings. The molecule has 0 saturated heterocycles. The van der Waals surface area contributed by atoms with Crippen LogP contribution in [0.4, 0.5) is 17.6 Å². The van der Waals surface area contributed by atoms with Gasteiger partial charge in [0.05, 0.1) is 6.10 Å². The number of anilines is 3. The van der Waals surface area contributed by atoms with Crippen molar-refractivity contribution in [3.05, 3.63) is 29.8 Å². The Morgan fingerprint density at radius 1 is 1.25 bits per heavy atom. The molecule has 0 radical (unpaired) electrons. The summed E-state index contributed by atoms with van der Waals surface area (Å²) in [6, 6.07) is 8.27. The molecule has 0 aliphatic heterocycles. The third-order valence-corrected chi connectivity index (χ3v) is 2.56. The Morgan fingerprint density at radius 2 is 2.05 bits per heavy atom. The van der Waals surface area contributed by atoms with Gasteiger partial charge in [0, 0.05) is 5.69 Å². The zero-order valence-corrected chi connectivity index (χ0v) is 11.9. The number of benzene rings is 1. The van der Waals surface area contributed by atoms with Crippen molar-refractivity contribution >= 4 is 17.6 Å². The van der Waals surface area contributed by atoms with Gasteiger partial charge in [0.25, 0.3) is 0 Å². The first-order valence-corrected chi connectivity index (χ1v) is 6.61. The highest BCUT2D eigenvalue weighted by Gasteiger charge is 2.07. The summed E-state index contributed by atoms with van der Waals surface area (Å²) in [7, 11) is 0. The minimum atomic E-state index is -0.0203.